The van der Waals surface area contributed by atoms with Crippen molar-refractivity contribution in [3.8, 4) is 0 Å². The number of rotatable bonds is 2. The number of hydrogen-bond donors (Lipinski definition) is 1. The average Bonchev–Trinajstić information content (AvgIpc) is 2.84. The zero-order chi connectivity index (χ0) is 14.0. The second-order valence-electron chi connectivity index (χ2n) is 4.68. The maximum atomic E-state index is 12.5. The van der Waals surface area contributed by atoms with Crippen LogP contribution in [-0.2, 0) is 6.18 Å². The lowest BCUT2D eigenvalue weighted by molar-refractivity contribution is -0.137. The summed E-state index contributed by atoms with van der Waals surface area (Å²) in [7, 11) is 0. The Hall–Kier alpha value is -1.23. The quantitative estimate of drug-likeness (QED) is 0.630. The molecule has 19 heavy (non-hydrogen) atoms. The van der Waals surface area contributed by atoms with E-state index in [-0.39, 0.29) is 10.9 Å². The molecule has 104 valence electrons. The predicted molar refractivity (Wildman–Crippen MR) is 69.7 cm³/mol. The highest BCUT2D eigenvalue weighted by atomic mass is 35.5. The van der Waals surface area contributed by atoms with Crippen LogP contribution in [-0.4, -0.2) is 5.84 Å². The molecular formula is C13H14ClF3N2. The second-order valence-corrected chi connectivity index (χ2v) is 5.09. The lowest BCUT2D eigenvalue weighted by Gasteiger charge is -2.10. The number of hydrogen-bond acceptors (Lipinski definition) is 1. The number of benzene rings is 1. The number of nitrogens with zero attached hydrogens (tertiary/aromatic N) is 1. The minimum Gasteiger partial charge on any atom is -0.387 e. The molecular weight excluding hydrogens is 277 g/mol. The van der Waals surface area contributed by atoms with Gasteiger partial charge in [-0.2, -0.15) is 13.2 Å². The van der Waals surface area contributed by atoms with Gasteiger partial charge in [-0.3, -0.25) is 0 Å². The van der Waals surface area contributed by atoms with Gasteiger partial charge in [0.25, 0.3) is 0 Å². The number of nitrogens with two attached hydrogens (primary N) is 1. The van der Waals surface area contributed by atoms with Gasteiger partial charge in [-0.1, -0.05) is 24.4 Å². The Morgan fingerprint density at radius 3 is 2.42 bits per heavy atom. The SMILES string of the molecule is NC(=Nc1ccc(C(F)(F)F)cc1Cl)C1CCCC1. The molecule has 0 saturated heterocycles. The monoisotopic (exact) mass is 290 g/mol. The molecule has 0 amide bonds. The highest BCUT2D eigenvalue weighted by Gasteiger charge is 2.31. The summed E-state index contributed by atoms with van der Waals surface area (Å²) in [5, 5.41) is -0.0317. The maximum absolute atomic E-state index is 12.5. The minimum absolute atomic E-state index is 0.0317. The molecule has 6 heteroatoms. The van der Waals surface area contributed by atoms with E-state index in [1.165, 1.54) is 6.07 Å². The highest BCUT2D eigenvalue weighted by Crippen LogP contribution is 2.35. The summed E-state index contributed by atoms with van der Waals surface area (Å²) < 4.78 is 37.5. The molecule has 1 saturated carbocycles. The Morgan fingerprint density at radius 2 is 1.89 bits per heavy atom. The van der Waals surface area contributed by atoms with E-state index < -0.39 is 11.7 Å². The number of aliphatic imine (C=N–C) groups is 1. The zero-order valence-electron chi connectivity index (χ0n) is 10.2. The van der Waals surface area contributed by atoms with E-state index >= 15 is 0 Å². The van der Waals surface area contributed by atoms with Crippen molar-refractivity contribution < 1.29 is 13.2 Å². The van der Waals surface area contributed by atoms with Gasteiger partial charge in [-0.15, -0.1) is 0 Å². The third-order valence-electron chi connectivity index (χ3n) is 3.30. The Bertz CT molecular complexity index is 491. The minimum atomic E-state index is -4.40. The lowest BCUT2D eigenvalue weighted by atomic mass is 10.1. The largest absolute Gasteiger partial charge is 0.416 e. The second kappa shape index (κ2) is 5.41. The average molecular weight is 291 g/mol. The molecule has 1 fully saturated rings. The third-order valence-corrected chi connectivity index (χ3v) is 3.60. The van der Waals surface area contributed by atoms with E-state index in [0.29, 0.717) is 11.5 Å². The predicted octanol–water partition coefficient (Wildman–Crippen LogP) is 4.54. The Balaban J connectivity index is 2.24. The number of amidine groups is 1. The molecule has 1 aromatic carbocycles. The molecule has 0 atom stereocenters. The van der Waals surface area contributed by atoms with Crippen LogP contribution in [0.1, 0.15) is 31.2 Å². The van der Waals surface area contributed by atoms with Crippen molar-refractivity contribution in [2.45, 2.75) is 31.9 Å². The summed E-state index contributed by atoms with van der Waals surface area (Å²) in [4.78, 5) is 4.16. The summed E-state index contributed by atoms with van der Waals surface area (Å²) in [5.74, 6) is 0.678. The van der Waals surface area contributed by atoms with E-state index in [4.69, 9.17) is 17.3 Å². The molecule has 0 radical (unpaired) electrons. The fourth-order valence-corrected chi connectivity index (χ4v) is 2.45. The van der Waals surface area contributed by atoms with Gasteiger partial charge < -0.3 is 5.73 Å². The van der Waals surface area contributed by atoms with Gasteiger partial charge >= 0.3 is 6.18 Å². The van der Waals surface area contributed by atoms with E-state index in [2.05, 4.69) is 4.99 Å². The maximum Gasteiger partial charge on any atom is 0.416 e. The summed E-state index contributed by atoms with van der Waals surface area (Å²) in [6, 6.07) is 3.10. The first kappa shape index (κ1) is 14.2. The molecule has 1 aromatic rings. The van der Waals surface area contributed by atoms with Crippen molar-refractivity contribution in [2.24, 2.45) is 16.6 Å². The van der Waals surface area contributed by atoms with Gasteiger partial charge in [0.15, 0.2) is 0 Å². The van der Waals surface area contributed by atoms with Gasteiger partial charge in [0.2, 0.25) is 0 Å². The fourth-order valence-electron chi connectivity index (χ4n) is 2.23. The molecule has 2 rings (SSSR count). The van der Waals surface area contributed by atoms with Crippen LogP contribution in [0.25, 0.3) is 0 Å². The lowest BCUT2D eigenvalue weighted by Crippen LogP contribution is -2.20. The Kier molecular flexibility index (Phi) is 4.04. The van der Waals surface area contributed by atoms with Crippen molar-refractivity contribution >= 4 is 23.1 Å². The summed E-state index contributed by atoms with van der Waals surface area (Å²) in [5.41, 5.74) is 5.38. The molecule has 1 aliphatic rings. The van der Waals surface area contributed by atoms with Crippen LogP contribution in [0.5, 0.6) is 0 Å². The smallest absolute Gasteiger partial charge is 0.387 e. The fraction of sp³-hybridized carbons (Fsp3) is 0.462. The van der Waals surface area contributed by atoms with Crippen molar-refractivity contribution in [1.82, 2.24) is 0 Å². The van der Waals surface area contributed by atoms with Crippen LogP contribution in [0, 0.1) is 5.92 Å². The summed E-state index contributed by atoms with van der Waals surface area (Å²) in [6.07, 6.45) is -0.215. The molecule has 0 spiro atoms. The van der Waals surface area contributed by atoms with Crippen LogP contribution in [0.3, 0.4) is 0 Å². The Labute approximate surface area is 114 Å². The van der Waals surface area contributed by atoms with E-state index in [1.807, 2.05) is 0 Å². The first-order valence-corrected chi connectivity index (χ1v) is 6.46. The normalized spacial score (nSPS) is 18.0. The van der Waals surface area contributed by atoms with Crippen LogP contribution in [0.4, 0.5) is 18.9 Å². The molecule has 0 unspecified atom stereocenters. The molecule has 0 aromatic heterocycles. The van der Waals surface area contributed by atoms with Gasteiger partial charge in [0.05, 0.1) is 16.3 Å². The van der Waals surface area contributed by atoms with Crippen molar-refractivity contribution in [2.75, 3.05) is 0 Å². The van der Waals surface area contributed by atoms with Gasteiger partial charge in [0.1, 0.15) is 5.84 Å². The summed E-state index contributed by atoms with van der Waals surface area (Å²) in [6.45, 7) is 0. The molecule has 0 bridgehead atoms. The van der Waals surface area contributed by atoms with Crippen LogP contribution < -0.4 is 5.73 Å². The molecule has 2 N–H and O–H groups in total. The van der Waals surface area contributed by atoms with Crippen molar-refractivity contribution in [1.29, 1.82) is 0 Å². The van der Waals surface area contributed by atoms with Crippen molar-refractivity contribution in [3.63, 3.8) is 0 Å². The zero-order valence-corrected chi connectivity index (χ0v) is 10.9. The molecule has 0 aliphatic heterocycles. The number of alkyl halides is 3. The van der Waals surface area contributed by atoms with Crippen LogP contribution in [0.15, 0.2) is 23.2 Å². The van der Waals surface area contributed by atoms with Crippen molar-refractivity contribution in [3.05, 3.63) is 28.8 Å². The Morgan fingerprint density at radius 1 is 1.26 bits per heavy atom. The van der Waals surface area contributed by atoms with Crippen LogP contribution >= 0.6 is 11.6 Å². The standard InChI is InChI=1S/C13H14ClF3N2/c14-10-7-9(13(15,16)17)5-6-11(10)19-12(18)8-3-1-2-4-8/h5-8H,1-4H2,(H2,18,19). The van der Waals surface area contributed by atoms with Gasteiger partial charge in [0, 0.05) is 5.92 Å². The van der Waals surface area contributed by atoms with Crippen LogP contribution in [0.2, 0.25) is 5.02 Å². The first-order valence-electron chi connectivity index (χ1n) is 6.09. The topological polar surface area (TPSA) is 38.4 Å². The molecule has 2 nitrogen and oxygen atoms in total. The third kappa shape index (κ3) is 3.41. The highest BCUT2D eigenvalue weighted by molar-refractivity contribution is 6.33. The summed E-state index contributed by atoms with van der Waals surface area (Å²) >= 11 is 5.82. The molecule has 0 heterocycles. The van der Waals surface area contributed by atoms with E-state index in [0.717, 1.165) is 37.8 Å². The first-order chi connectivity index (χ1) is 8.88. The number of halogens is 4. The molecule has 1 aliphatic carbocycles. The van der Waals surface area contributed by atoms with Gasteiger partial charge in [-0.25, -0.2) is 4.99 Å². The van der Waals surface area contributed by atoms with E-state index in [9.17, 15) is 13.2 Å². The van der Waals surface area contributed by atoms with E-state index in [1.54, 1.807) is 0 Å². The van der Waals surface area contributed by atoms with Gasteiger partial charge in [-0.05, 0) is 31.0 Å².